The summed E-state index contributed by atoms with van der Waals surface area (Å²) in [7, 11) is 0. The summed E-state index contributed by atoms with van der Waals surface area (Å²) in [6, 6.07) is 0.658. The van der Waals surface area contributed by atoms with E-state index in [-0.39, 0.29) is 0 Å². The van der Waals surface area contributed by atoms with Crippen molar-refractivity contribution < 1.29 is 0 Å². The Bertz CT molecular complexity index is 159. The van der Waals surface area contributed by atoms with Crippen LogP contribution < -0.4 is 5.32 Å². The molecule has 1 aliphatic heterocycles. The van der Waals surface area contributed by atoms with Crippen LogP contribution >= 0.6 is 23.5 Å². The zero-order chi connectivity index (χ0) is 10.6. The Hall–Kier alpha value is 0.660. The van der Waals surface area contributed by atoms with Gasteiger partial charge in [-0.05, 0) is 12.0 Å². The first-order valence-corrected chi connectivity index (χ1v) is 7.68. The van der Waals surface area contributed by atoms with Crippen LogP contribution in [0.15, 0.2) is 0 Å². The van der Waals surface area contributed by atoms with Gasteiger partial charge in [-0.1, -0.05) is 27.7 Å². The predicted octanol–water partition coefficient (Wildman–Crippen LogP) is 2.86. The molecule has 1 saturated heterocycles. The van der Waals surface area contributed by atoms with Crippen molar-refractivity contribution in [2.24, 2.45) is 5.41 Å². The molecule has 0 bridgehead atoms. The molecule has 1 fully saturated rings. The van der Waals surface area contributed by atoms with Gasteiger partial charge in [-0.25, -0.2) is 0 Å². The van der Waals surface area contributed by atoms with Gasteiger partial charge in [-0.3, -0.25) is 0 Å². The molecule has 0 spiro atoms. The molecule has 1 nitrogen and oxygen atoms in total. The van der Waals surface area contributed by atoms with E-state index >= 15 is 0 Å². The molecule has 0 aliphatic carbocycles. The average molecular weight is 233 g/mol. The Morgan fingerprint density at radius 3 is 2.50 bits per heavy atom. The van der Waals surface area contributed by atoms with Crippen LogP contribution in [0, 0.1) is 5.41 Å². The van der Waals surface area contributed by atoms with Gasteiger partial charge in [-0.2, -0.15) is 23.5 Å². The van der Waals surface area contributed by atoms with Crippen molar-refractivity contribution >= 4 is 23.5 Å². The summed E-state index contributed by atoms with van der Waals surface area (Å²) in [5.74, 6) is 3.98. The molecule has 0 amide bonds. The van der Waals surface area contributed by atoms with E-state index in [0.29, 0.717) is 11.5 Å². The molecule has 2 atom stereocenters. The molecule has 0 aromatic heterocycles. The molecule has 1 rings (SSSR count). The number of hydrogen-bond acceptors (Lipinski definition) is 3. The number of nitrogens with one attached hydrogen (secondary N) is 1. The van der Waals surface area contributed by atoms with E-state index < -0.39 is 0 Å². The second-order valence-electron chi connectivity index (χ2n) is 4.89. The van der Waals surface area contributed by atoms with E-state index in [0.717, 1.165) is 11.8 Å². The number of rotatable bonds is 3. The van der Waals surface area contributed by atoms with Crippen LogP contribution in [-0.2, 0) is 0 Å². The molecule has 1 heterocycles. The summed E-state index contributed by atoms with van der Waals surface area (Å²) in [6.45, 7) is 10.3. The summed E-state index contributed by atoms with van der Waals surface area (Å²) < 4.78 is 0. The van der Waals surface area contributed by atoms with E-state index in [9.17, 15) is 0 Å². The van der Waals surface area contributed by atoms with Crippen LogP contribution in [0.2, 0.25) is 0 Å². The van der Waals surface area contributed by atoms with Crippen LogP contribution in [0.3, 0.4) is 0 Å². The molecule has 1 N–H and O–H groups in total. The van der Waals surface area contributed by atoms with Gasteiger partial charge in [0.1, 0.15) is 0 Å². The summed E-state index contributed by atoms with van der Waals surface area (Å²) in [6.07, 6.45) is 0. The quantitative estimate of drug-likeness (QED) is 0.805. The van der Waals surface area contributed by atoms with Crippen molar-refractivity contribution in [3.8, 4) is 0 Å². The maximum absolute atomic E-state index is 3.66. The van der Waals surface area contributed by atoms with Crippen LogP contribution in [0.1, 0.15) is 27.7 Å². The minimum atomic E-state index is 0.381. The monoisotopic (exact) mass is 233 g/mol. The highest BCUT2D eigenvalue weighted by molar-refractivity contribution is 8.06. The third-order valence-corrected chi connectivity index (χ3v) is 5.43. The molecule has 0 aromatic rings. The third-order valence-electron chi connectivity index (χ3n) is 2.57. The van der Waals surface area contributed by atoms with Crippen molar-refractivity contribution in [3.05, 3.63) is 0 Å². The Morgan fingerprint density at radius 1 is 1.36 bits per heavy atom. The predicted molar refractivity (Wildman–Crippen MR) is 70.5 cm³/mol. The van der Waals surface area contributed by atoms with Gasteiger partial charge >= 0.3 is 0 Å². The summed E-state index contributed by atoms with van der Waals surface area (Å²) >= 11 is 4.27. The summed E-state index contributed by atoms with van der Waals surface area (Å²) in [5.41, 5.74) is 0.381. The molecule has 0 aromatic carbocycles. The molecule has 0 radical (unpaired) electrons. The topological polar surface area (TPSA) is 12.0 Å². The standard InChI is InChI=1S/C11H23NS2/c1-5-12-10(11(2,3)4)9-8-13-6-7-14-9/h9-10,12H,5-8H2,1-4H3. The zero-order valence-electron chi connectivity index (χ0n) is 9.80. The maximum Gasteiger partial charge on any atom is 0.0297 e. The highest BCUT2D eigenvalue weighted by Gasteiger charge is 2.32. The first-order valence-electron chi connectivity index (χ1n) is 5.48. The maximum atomic E-state index is 3.66. The first kappa shape index (κ1) is 12.7. The third kappa shape index (κ3) is 3.67. The van der Waals surface area contributed by atoms with Crippen molar-refractivity contribution in [3.63, 3.8) is 0 Å². The van der Waals surface area contributed by atoms with Crippen LogP contribution in [0.5, 0.6) is 0 Å². The van der Waals surface area contributed by atoms with Gasteiger partial charge in [0.25, 0.3) is 0 Å². The van der Waals surface area contributed by atoms with Gasteiger partial charge in [0.15, 0.2) is 0 Å². The minimum absolute atomic E-state index is 0.381. The molecule has 3 heteroatoms. The molecule has 2 unspecified atom stereocenters. The normalized spacial score (nSPS) is 26.1. The van der Waals surface area contributed by atoms with Crippen LogP contribution in [0.4, 0.5) is 0 Å². The SMILES string of the molecule is CCNC(C1CSCCS1)C(C)(C)C. The Kier molecular flexibility index (Phi) is 5.15. The summed E-state index contributed by atoms with van der Waals surface area (Å²) in [5, 5.41) is 4.46. The van der Waals surface area contributed by atoms with Gasteiger partial charge in [0, 0.05) is 28.6 Å². The fraction of sp³-hybridized carbons (Fsp3) is 1.00. The van der Waals surface area contributed by atoms with E-state index in [2.05, 4.69) is 56.5 Å². The van der Waals surface area contributed by atoms with Crippen molar-refractivity contribution in [1.29, 1.82) is 0 Å². The molecular weight excluding hydrogens is 210 g/mol. The Morgan fingerprint density at radius 2 is 2.07 bits per heavy atom. The van der Waals surface area contributed by atoms with E-state index in [1.165, 1.54) is 17.3 Å². The summed E-state index contributed by atoms with van der Waals surface area (Å²) in [4.78, 5) is 0. The second kappa shape index (κ2) is 5.66. The lowest BCUT2D eigenvalue weighted by molar-refractivity contribution is 0.272. The lowest BCUT2D eigenvalue weighted by Gasteiger charge is -2.39. The van der Waals surface area contributed by atoms with E-state index in [1.54, 1.807) is 0 Å². The first-order chi connectivity index (χ1) is 6.55. The van der Waals surface area contributed by atoms with Crippen molar-refractivity contribution in [2.75, 3.05) is 23.8 Å². The largest absolute Gasteiger partial charge is 0.313 e. The van der Waals surface area contributed by atoms with Crippen LogP contribution in [-0.4, -0.2) is 35.1 Å². The smallest absolute Gasteiger partial charge is 0.0297 e. The van der Waals surface area contributed by atoms with E-state index in [4.69, 9.17) is 0 Å². The lowest BCUT2D eigenvalue weighted by Crippen LogP contribution is -2.49. The molecule has 84 valence electrons. The minimum Gasteiger partial charge on any atom is -0.313 e. The highest BCUT2D eigenvalue weighted by atomic mass is 32.2. The lowest BCUT2D eigenvalue weighted by atomic mass is 9.85. The number of hydrogen-bond donors (Lipinski definition) is 1. The van der Waals surface area contributed by atoms with Gasteiger partial charge in [0.05, 0.1) is 0 Å². The average Bonchev–Trinajstić information content (AvgIpc) is 2.14. The fourth-order valence-corrected chi connectivity index (χ4v) is 5.03. The zero-order valence-corrected chi connectivity index (χ0v) is 11.4. The second-order valence-corrected chi connectivity index (χ2v) is 7.38. The van der Waals surface area contributed by atoms with Crippen molar-refractivity contribution in [2.45, 2.75) is 39.0 Å². The Balaban J connectivity index is 2.56. The van der Waals surface area contributed by atoms with Crippen molar-refractivity contribution in [1.82, 2.24) is 5.32 Å². The highest BCUT2D eigenvalue weighted by Crippen LogP contribution is 2.33. The number of thioether (sulfide) groups is 2. The Labute approximate surface area is 97.2 Å². The fourth-order valence-electron chi connectivity index (χ4n) is 1.91. The molecule has 14 heavy (non-hydrogen) atoms. The van der Waals surface area contributed by atoms with Crippen LogP contribution in [0.25, 0.3) is 0 Å². The molecule has 0 saturated carbocycles. The van der Waals surface area contributed by atoms with Gasteiger partial charge < -0.3 is 5.32 Å². The van der Waals surface area contributed by atoms with Gasteiger partial charge in [-0.15, -0.1) is 0 Å². The van der Waals surface area contributed by atoms with E-state index in [1.807, 2.05) is 0 Å². The van der Waals surface area contributed by atoms with Gasteiger partial charge in [0.2, 0.25) is 0 Å². The molecule has 1 aliphatic rings. The molecular formula is C11H23NS2.